The molecule has 0 saturated carbocycles. The minimum Gasteiger partial charge on any atom is -0.379 e. The van der Waals surface area contributed by atoms with Gasteiger partial charge in [-0.15, -0.1) is 0 Å². The predicted molar refractivity (Wildman–Crippen MR) is 77.2 cm³/mol. The van der Waals surface area contributed by atoms with Gasteiger partial charge >= 0.3 is 0 Å². The Morgan fingerprint density at radius 2 is 1.58 bits per heavy atom. The number of ether oxygens (including phenoxy) is 2. The number of nitrogens with one attached hydrogen (secondary N) is 2. The van der Waals surface area contributed by atoms with Crippen LogP contribution in [0.15, 0.2) is 0 Å². The molecule has 0 rings (SSSR count). The summed E-state index contributed by atoms with van der Waals surface area (Å²) in [5, 5.41) is 6.13. The van der Waals surface area contributed by atoms with E-state index in [4.69, 9.17) is 9.47 Å². The lowest BCUT2D eigenvalue weighted by Gasteiger charge is -2.09. The summed E-state index contributed by atoms with van der Waals surface area (Å²) in [5.74, 6) is 0.148. The molecule has 0 radical (unpaired) electrons. The summed E-state index contributed by atoms with van der Waals surface area (Å²) in [6, 6.07) is 0.501. The van der Waals surface area contributed by atoms with Crippen LogP contribution in [0, 0.1) is 5.92 Å². The number of carbonyl (C=O) groups excluding carboxylic acids is 1. The van der Waals surface area contributed by atoms with Crippen LogP contribution in [0.5, 0.6) is 0 Å². The molecule has 5 nitrogen and oxygen atoms in total. The second-order valence-corrected chi connectivity index (χ2v) is 5.13. The Labute approximate surface area is 117 Å². The number of amides is 1. The minimum atomic E-state index is 0.0498. The highest BCUT2D eigenvalue weighted by molar-refractivity contribution is 5.77. The van der Waals surface area contributed by atoms with Crippen LogP contribution in [0.25, 0.3) is 0 Å². The van der Waals surface area contributed by atoms with Gasteiger partial charge < -0.3 is 20.1 Å². The van der Waals surface area contributed by atoms with Crippen molar-refractivity contribution in [3.8, 4) is 0 Å². The van der Waals surface area contributed by atoms with Crippen molar-refractivity contribution in [2.24, 2.45) is 5.92 Å². The van der Waals surface area contributed by atoms with Crippen molar-refractivity contribution >= 4 is 5.91 Å². The monoisotopic (exact) mass is 274 g/mol. The van der Waals surface area contributed by atoms with Gasteiger partial charge in [0.1, 0.15) is 0 Å². The molecule has 2 N–H and O–H groups in total. The first kappa shape index (κ1) is 18.4. The quantitative estimate of drug-likeness (QED) is 0.525. The van der Waals surface area contributed by atoms with E-state index < -0.39 is 0 Å². The summed E-state index contributed by atoms with van der Waals surface area (Å²) in [6.07, 6.45) is 0.841. The Morgan fingerprint density at radius 1 is 0.947 bits per heavy atom. The molecule has 0 aliphatic carbocycles. The van der Waals surface area contributed by atoms with E-state index in [2.05, 4.69) is 24.5 Å². The molecule has 1 amide bonds. The van der Waals surface area contributed by atoms with E-state index in [9.17, 15) is 4.79 Å². The van der Waals surface area contributed by atoms with Gasteiger partial charge in [-0.25, -0.2) is 0 Å². The summed E-state index contributed by atoms with van der Waals surface area (Å²) in [5.41, 5.74) is 0. The SMILES string of the molecule is CC(C)NCCOCCOCCCNC(=O)C(C)C. The molecule has 0 saturated heterocycles. The van der Waals surface area contributed by atoms with Crippen molar-refractivity contribution in [1.29, 1.82) is 0 Å². The lowest BCUT2D eigenvalue weighted by molar-refractivity contribution is -0.124. The van der Waals surface area contributed by atoms with Crippen molar-refractivity contribution < 1.29 is 14.3 Å². The van der Waals surface area contributed by atoms with Crippen LogP contribution in [-0.2, 0) is 14.3 Å². The van der Waals surface area contributed by atoms with E-state index in [0.29, 0.717) is 39.0 Å². The molecule has 0 spiro atoms. The third kappa shape index (κ3) is 13.6. The van der Waals surface area contributed by atoms with Crippen LogP contribution in [0.1, 0.15) is 34.1 Å². The summed E-state index contributed by atoms with van der Waals surface area (Å²) in [6.45, 7) is 12.2. The molecule has 0 atom stereocenters. The number of rotatable bonds is 12. The van der Waals surface area contributed by atoms with Gasteiger partial charge in [0, 0.05) is 31.7 Å². The van der Waals surface area contributed by atoms with Crippen LogP contribution in [0.4, 0.5) is 0 Å². The molecule has 114 valence electrons. The van der Waals surface area contributed by atoms with Gasteiger partial charge in [0.25, 0.3) is 0 Å². The third-order valence-corrected chi connectivity index (χ3v) is 2.46. The Kier molecular flexibility index (Phi) is 12.0. The van der Waals surface area contributed by atoms with Gasteiger partial charge in [-0.1, -0.05) is 27.7 Å². The lowest BCUT2D eigenvalue weighted by Crippen LogP contribution is -2.29. The molecule has 0 aliphatic heterocycles. The van der Waals surface area contributed by atoms with Crippen LogP contribution in [0.3, 0.4) is 0 Å². The molecule has 0 bridgehead atoms. The Bertz CT molecular complexity index is 221. The molecule has 0 aromatic heterocycles. The predicted octanol–water partition coefficient (Wildman–Crippen LogP) is 1.18. The van der Waals surface area contributed by atoms with Gasteiger partial charge in [0.2, 0.25) is 5.91 Å². The van der Waals surface area contributed by atoms with Crippen molar-refractivity contribution in [2.45, 2.75) is 40.2 Å². The maximum atomic E-state index is 11.2. The Balaban J connectivity index is 3.09. The normalized spacial score (nSPS) is 11.3. The van der Waals surface area contributed by atoms with Crippen molar-refractivity contribution in [1.82, 2.24) is 10.6 Å². The molecule has 0 heterocycles. The van der Waals surface area contributed by atoms with E-state index in [-0.39, 0.29) is 11.8 Å². The van der Waals surface area contributed by atoms with Gasteiger partial charge in [-0.3, -0.25) is 4.79 Å². The van der Waals surface area contributed by atoms with Crippen LogP contribution >= 0.6 is 0 Å². The summed E-state index contributed by atoms with van der Waals surface area (Å²) in [7, 11) is 0. The van der Waals surface area contributed by atoms with Crippen LogP contribution in [0.2, 0.25) is 0 Å². The second-order valence-electron chi connectivity index (χ2n) is 5.13. The lowest BCUT2D eigenvalue weighted by atomic mass is 10.2. The molecule has 0 aromatic carbocycles. The summed E-state index contributed by atoms with van der Waals surface area (Å²) >= 11 is 0. The highest BCUT2D eigenvalue weighted by Gasteiger charge is 2.04. The number of carbonyl (C=O) groups is 1. The van der Waals surface area contributed by atoms with E-state index >= 15 is 0 Å². The molecule has 0 aromatic rings. The molecule has 0 unspecified atom stereocenters. The van der Waals surface area contributed by atoms with Crippen LogP contribution in [-0.4, -0.2) is 51.5 Å². The van der Waals surface area contributed by atoms with Crippen LogP contribution < -0.4 is 10.6 Å². The van der Waals surface area contributed by atoms with Gasteiger partial charge in [-0.05, 0) is 6.42 Å². The van der Waals surface area contributed by atoms with Crippen molar-refractivity contribution in [3.05, 3.63) is 0 Å². The first-order chi connectivity index (χ1) is 9.04. The first-order valence-electron chi connectivity index (χ1n) is 7.20. The largest absolute Gasteiger partial charge is 0.379 e. The fraction of sp³-hybridized carbons (Fsp3) is 0.929. The molecule has 19 heavy (non-hydrogen) atoms. The fourth-order valence-corrected chi connectivity index (χ4v) is 1.33. The van der Waals surface area contributed by atoms with Gasteiger partial charge in [0.15, 0.2) is 0 Å². The number of hydrogen-bond donors (Lipinski definition) is 2. The summed E-state index contributed by atoms with van der Waals surface area (Å²) in [4.78, 5) is 11.2. The minimum absolute atomic E-state index is 0.0498. The maximum absolute atomic E-state index is 11.2. The molecular formula is C14H30N2O3. The zero-order valence-electron chi connectivity index (χ0n) is 12.8. The summed E-state index contributed by atoms with van der Waals surface area (Å²) < 4.78 is 10.8. The fourth-order valence-electron chi connectivity index (χ4n) is 1.33. The molecule has 5 heteroatoms. The highest BCUT2D eigenvalue weighted by Crippen LogP contribution is 1.90. The zero-order chi connectivity index (χ0) is 14.5. The molecular weight excluding hydrogens is 244 g/mol. The Morgan fingerprint density at radius 3 is 2.16 bits per heavy atom. The second kappa shape index (κ2) is 12.4. The number of hydrogen-bond acceptors (Lipinski definition) is 4. The van der Waals surface area contributed by atoms with E-state index in [1.54, 1.807) is 0 Å². The van der Waals surface area contributed by atoms with Crippen molar-refractivity contribution in [3.63, 3.8) is 0 Å². The average molecular weight is 274 g/mol. The average Bonchev–Trinajstić information content (AvgIpc) is 2.35. The third-order valence-electron chi connectivity index (χ3n) is 2.46. The van der Waals surface area contributed by atoms with E-state index in [1.165, 1.54) is 0 Å². The molecule has 0 fully saturated rings. The highest BCUT2D eigenvalue weighted by atomic mass is 16.5. The van der Waals surface area contributed by atoms with E-state index in [0.717, 1.165) is 13.0 Å². The molecule has 0 aliphatic rings. The maximum Gasteiger partial charge on any atom is 0.222 e. The standard InChI is InChI=1S/C14H30N2O3/c1-12(2)14(17)16-6-5-8-18-10-11-19-9-7-15-13(3)4/h12-13,15H,5-11H2,1-4H3,(H,16,17). The van der Waals surface area contributed by atoms with E-state index in [1.807, 2.05) is 13.8 Å². The van der Waals surface area contributed by atoms with Gasteiger partial charge in [0.05, 0.1) is 19.8 Å². The first-order valence-corrected chi connectivity index (χ1v) is 7.20. The smallest absolute Gasteiger partial charge is 0.222 e. The topological polar surface area (TPSA) is 59.6 Å². The zero-order valence-corrected chi connectivity index (χ0v) is 12.8. The van der Waals surface area contributed by atoms with Gasteiger partial charge in [-0.2, -0.15) is 0 Å². The van der Waals surface area contributed by atoms with Crippen molar-refractivity contribution in [2.75, 3.05) is 39.5 Å². The Hall–Kier alpha value is -0.650.